The third-order valence-corrected chi connectivity index (χ3v) is 2.40. The van der Waals surface area contributed by atoms with Crippen LogP contribution in [0.5, 0.6) is 0 Å². The van der Waals surface area contributed by atoms with Crippen molar-refractivity contribution in [1.29, 1.82) is 0 Å². The molecule has 0 unspecified atom stereocenters. The van der Waals surface area contributed by atoms with Crippen LogP contribution in [0.15, 0.2) is 24.3 Å². The molecule has 0 aliphatic carbocycles. The molecule has 98 valence electrons. The van der Waals surface area contributed by atoms with E-state index in [9.17, 15) is 9.59 Å². The SMILES string of the molecule is O=C(O)Cc1ccccc1C(=O)NCc1nn[nH]n1. The highest BCUT2D eigenvalue weighted by atomic mass is 16.4. The first-order valence-corrected chi connectivity index (χ1v) is 5.47. The highest BCUT2D eigenvalue weighted by Gasteiger charge is 2.13. The number of aromatic amines is 1. The molecule has 19 heavy (non-hydrogen) atoms. The molecule has 1 heterocycles. The first-order chi connectivity index (χ1) is 9.16. The van der Waals surface area contributed by atoms with Crippen molar-refractivity contribution in [3.05, 3.63) is 41.2 Å². The summed E-state index contributed by atoms with van der Waals surface area (Å²) in [7, 11) is 0. The quantitative estimate of drug-likeness (QED) is 0.682. The third-order valence-electron chi connectivity index (χ3n) is 2.40. The van der Waals surface area contributed by atoms with Crippen molar-refractivity contribution >= 4 is 11.9 Å². The van der Waals surface area contributed by atoms with Gasteiger partial charge in [0.05, 0.1) is 13.0 Å². The van der Waals surface area contributed by atoms with Crippen LogP contribution in [0.1, 0.15) is 21.7 Å². The third kappa shape index (κ3) is 3.35. The zero-order valence-electron chi connectivity index (χ0n) is 9.83. The fourth-order valence-corrected chi connectivity index (χ4v) is 1.57. The number of carbonyl (C=O) groups excluding carboxylic acids is 1. The van der Waals surface area contributed by atoms with Crippen molar-refractivity contribution in [2.75, 3.05) is 0 Å². The number of H-pyrrole nitrogens is 1. The summed E-state index contributed by atoms with van der Waals surface area (Å²) in [5.41, 5.74) is 0.786. The van der Waals surface area contributed by atoms with Gasteiger partial charge in [-0.1, -0.05) is 23.4 Å². The second-order valence-corrected chi connectivity index (χ2v) is 3.74. The minimum atomic E-state index is -0.988. The number of aromatic nitrogens is 4. The number of hydrogen-bond donors (Lipinski definition) is 3. The lowest BCUT2D eigenvalue weighted by atomic mass is 10.0. The standard InChI is InChI=1S/C11H11N5O3/c17-10(18)5-7-3-1-2-4-8(7)11(19)12-6-9-13-15-16-14-9/h1-4H,5-6H2,(H,12,19)(H,17,18)(H,13,14,15,16). The molecule has 0 radical (unpaired) electrons. The summed E-state index contributed by atoms with van der Waals surface area (Å²) < 4.78 is 0. The van der Waals surface area contributed by atoms with Gasteiger partial charge in [-0.3, -0.25) is 9.59 Å². The van der Waals surface area contributed by atoms with E-state index in [2.05, 4.69) is 25.9 Å². The normalized spacial score (nSPS) is 10.1. The second-order valence-electron chi connectivity index (χ2n) is 3.74. The number of hydrogen-bond acceptors (Lipinski definition) is 5. The Balaban J connectivity index is 2.08. The number of rotatable bonds is 5. The van der Waals surface area contributed by atoms with Gasteiger partial charge < -0.3 is 10.4 Å². The lowest BCUT2D eigenvalue weighted by molar-refractivity contribution is -0.136. The minimum absolute atomic E-state index is 0.122. The maximum absolute atomic E-state index is 12.0. The van der Waals surface area contributed by atoms with Gasteiger partial charge in [-0.05, 0) is 11.6 Å². The zero-order chi connectivity index (χ0) is 13.7. The van der Waals surface area contributed by atoms with Crippen LogP contribution >= 0.6 is 0 Å². The van der Waals surface area contributed by atoms with Gasteiger partial charge in [-0.2, -0.15) is 5.21 Å². The number of nitrogens with zero attached hydrogens (tertiary/aromatic N) is 3. The van der Waals surface area contributed by atoms with Gasteiger partial charge in [0.1, 0.15) is 0 Å². The lowest BCUT2D eigenvalue weighted by Gasteiger charge is -2.07. The molecule has 2 rings (SSSR count). The Labute approximate surface area is 107 Å². The van der Waals surface area contributed by atoms with Gasteiger partial charge in [-0.15, -0.1) is 10.2 Å². The summed E-state index contributed by atoms with van der Waals surface area (Å²) >= 11 is 0. The number of aliphatic carboxylic acids is 1. The number of tetrazole rings is 1. The van der Waals surface area contributed by atoms with Crippen LogP contribution in [0, 0.1) is 0 Å². The molecule has 1 amide bonds. The summed E-state index contributed by atoms with van der Waals surface area (Å²) in [6, 6.07) is 6.55. The van der Waals surface area contributed by atoms with Gasteiger partial charge in [0.2, 0.25) is 0 Å². The molecular weight excluding hydrogens is 250 g/mol. The predicted molar refractivity (Wildman–Crippen MR) is 63.1 cm³/mol. The molecule has 0 spiro atoms. The van der Waals surface area contributed by atoms with Gasteiger partial charge in [0.25, 0.3) is 5.91 Å². The smallest absolute Gasteiger partial charge is 0.307 e. The fourth-order valence-electron chi connectivity index (χ4n) is 1.57. The zero-order valence-corrected chi connectivity index (χ0v) is 9.83. The molecule has 0 aliphatic rings. The summed E-state index contributed by atoms with van der Waals surface area (Å²) in [6.07, 6.45) is -0.203. The second kappa shape index (κ2) is 5.71. The molecule has 0 saturated carbocycles. The van der Waals surface area contributed by atoms with E-state index in [4.69, 9.17) is 5.11 Å². The number of carboxylic acids is 1. The van der Waals surface area contributed by atoms with Crippen LogP contribution in [-0.2, 0) is 17.8 Å². The van der Waals surface area contributed by atoms with Gasteiger partial charge in [-0.25, -0.2) is 0 Å². The van der Waals surface area contributed by atoms with E-state index in [-0.39, 0.29) is 18.9 Å². The summed E-state index contributed by atoms with van der Waals surface area (Å²) in [5, 5.41) is 24.4. The highest BCUT2D eigenvalue weighted by Crippen LogP contribution is 2.09. The molecule has 2 aromatic rings. The van der Waals surface area contributed by atoms with Crippen molar-refractivity contribution in [2.24, 2.45) is 0 Å². The molecule has 0 atom stereocenters. The first-order valence-electron chi connectivity index (χ1n) is 5.47. The van der Waals surface area contributed by atoms with Crippen molar-refractivity contribution < 1.29 is 14.7 Å². The molecule has 0 saturated heterocycles. The fraction of sp³-hybridized carbons (Fsp3) is 0.182. The van der Waals surface area contributed by atoms with Crippen molar-refractivity contribution in [3.8, 4) is 0 Å². The van der Waals surface area contributed by atoms with Crippen LogP contribution in [0.4, 0.5) is 0 Å². The van der Waals surface area contributed by atoms with E-state index in [0.717, 1.165) is 0 Å². The van der Waals surface area contributed by atoms with Crippen LogP contribution < -0.4 is 5.32 Å². The maximum Gasteiger partial charge on any atom is 0.307 e. The summed E-state index contributed by atoms with van der Waals surface area (Å²) in [5.74, 6) is -1.01. The van der Waals surface area contributed by atoms with Crippen LogP contribution in [0.2, 0.25) is 0 Å². The Morgan fingerprint density at radius 1 is 1.32 bits per heavy atom. The van der Waals surface area contributed by atoms with E-state index in [1.165, 1.54) is 0 Å². The van der Waals surface area contributed by atoms with Gasteiger partial charge in [0, 0.05) is 5.56 Å². The monoisotopic (exact) mass is 261 g/mol. The average Bonchev–Trinajstić information content (AvgIpc) is 2.89. The minimum Gasteiger partial charge on any atom is -0.481 e. The van der Waals surface area contributed by atoms with Crippen molar-refractivity contribution in [3.63, 3.8) is 0 Å². The topological polar surface area (TPSA) is 121 Å². The molecule has 8 nitrogen and oxygen atoms in total. The predicted octanol–water partition coefficient (Wildman–Crippen LogP) is -0.243. The number of carbonyl (C=O) groups is 2. The molecule has 0 fully saturated rings. The Hall–Kier alpha value is -2.77. The Morgan fingerprint density at radius 3 is 2.79 bits per heavy atom. The van der Waals surface area contributed by atoms with Crippen LogP contribution in [-0.4, -0.2) is 37.6 Å². The van der Waals surface area contributed by atoms with Crippen molar-refractivity contribution in [2.45, 2.75) is 13.0 Å². The molecule has 3 N–H and O–H groups in total. The number of carboxylic acid groups (broad SMARTS) is 1. The Kier molecular flexibility index (Phi) is 3.81. The molecule has 0 bridgehead atoms. The first kappa shape index (κ1) is 12.7. The molecule has 8 heteroatoms. The average molecular weight is 261 g/mol. The van der Waals surface area contributed by atoms with E-state index in [0.29, 0.717) is 17.0 Å². The Morgan fingerprint density at radius 2 is 2.11 bits per heavy atom. The van der Waals surface area contributed by atoms with E-state index < -0.39 is 5.97 Å². The van der Waals surface area contributed by atoms with Crippen molar-refractivity contribution in [1.82, 2.24) is 25.9 Å². The maximum atomic E-state index is 12.0. The summed E-state index contributed by atoms with van der Waals surface area (Å²) in [6.45, 7) is 0.122. The number of amides is 1. The number of benzene rings is 1. The van der Waals surface area contributed by atoms with Gasteiger partial charge in [0.15, 0.2) is 5.82 Å². The van der Waals surface area contributed by atoms with Crippen LogP contribution in [0.25, 0.3) is 0 Å². The van der Waals surface area contributed by atoms with E-state index in [1.54, 1.807) is 24.3 Å². The van der Waals surface area contributed by atoms with E-state index in [1.807, 2.05) is 0 Å². The lowest BCUT2D eigenvalue weighted by Crippen LogP contribution is -2.25. The summed E-state index contributed by atoms with van der Waals surface area (Å²) in [4.78, 5) is 22.7. The van der Waals surface area contributed by atoms with Crippen LogP contribution in [0.3, 0.4) is 0 Å². The Bertz CT molecular complexity index is 582. The molecule has 1 aromatic heterocycles. The van der Waals surface area contributed by atoms with E-state index >= 15 is 0 Å². The largest absolute Gasteiger partial charge is 0.481 e. The molecular formula is C11H11N5O3. The molecule has 0 aliphatic heterocycles. The molecule has 1 aromatic carbocycles. The highest BCUT2D eigenvalue weighted by molar-refractivity contribution is 5.96. The number of nitrogens with one attached hydrogen (secondary N) is 2. The van der Waals surface area contributed by atoms with Gasteiger partial charge >= 0.3 is 5.97 Å².